The molecule has 1 aliphatic rings. The molecule has 0 radical (unpaired) electrons. The van der Waals surface area contributed by atoms with Crippen molar-refractivity contribution in [1.29, 1.82) is 0 Å². The van der Waals surface area contributed by atoms with Crippen LogP contribution < -0.4 is 4.74 Å². The van der Waals surface area contributed by atoms with E-state index in [-0.39, 0.29) is 17.2 Å². The first kappa shape index (κ1) is 19.0. The zero-order valence-corrected chi connectivity index (χ0v) is 15.6. The van der Waals surface area contributed by atoms with Crippen LogP contribution in [0.25, 0.3) is 6.08 Å². The molecular weight excluding hydrogens is 316 g/mol. The maximum absolute atomic E-state index is 12.4. The zero-order valence-electron chi connectivity index (χ0n) is 15.6. The molecule has 0 bridgehead atoms. The summed E-state index contributed by atoms with van der Waals surface area (Å²) in [5, 5.41) is 0. The third-order valence-electron chi connectivity index (χ3n) is 4.14. The van der Waals surface area contributed by atoms with Crippen molar-refractivity contribution in [2.24, 2.45) is 5.41 Å². The molecule has 1 fully saturated rings. The summed E-state index contributed by atoms with van der Waals surface area (Å²) in [6.07, 6.45) is 3.37. The SMILES string of the molecule is CCOc1ccccc1/C=C/C(=O)N1CCN(C(=O)C(C)(C)C)CC1. The number of ether oxygens (including phenoxy) is 1. The smallest absolute Gasteiger partial charge is 0.246 e. The second-order valence-corrected chi connectivity index (χ2v) is 7.17. The molecule has 1 heterocycles. The molecule has 0 N–H and O–H groups in total. The molecule has 2 rings (SSSR count). The Morgan fingerprint density at radius 2 is 1.68 bits per heavy atom. The van der Waals surface area contributed by atoms with Gasteiger partial charge in [0.25, 0.3) is 0 Å². The van der Waals surface area contributed by atoms with Crippen LogP contribution in [0, 0.1) is 5.41 Å². The Morgan fingerprint density at radius 3 is 2.28 bits per heavy atom. The first-order chi connectivity index (χ1) is 11.8. The Kier molecular flexibility index (Phi) is 6.23. The van der Waals surface area contributed by atoms with E-state index >= 15 is 0 Å². The van der Waals surface area contributed by atoms with Gasteiger partial charge in [-0.1, -0.05) is 39.0 Å². The Hall–Kier alpha value is -2.30. The van der Waals surface area contributed by atoms with Gasteiger partial charge in [0.05, 0.1) is 6.61 Å². The Morgan fingerprint density at radius 1 is 1.08 bits per heavy atom. The van der Waals surface area contributed by atoms with Crippen molar-refractivity contribution in [3.05, 3.63) is 35.9 Å². The predicted octanol–water partition coefficient (Wildman–Crippen LogP) is 2.82. The van der Waals surface area contributed by atoms with Crippen molar-refractivity contribution in [3.8, 4) is 5.75 Å². The van der Waals surface area contributed by atoms with E-state index in [1.165, 1.54) is 0 Å². The van der Waals surface area contributed by atoms with Crippen LogP contribution in [-0.4, -0.2) is 54.4 Å². The molecule has 1 aromatic carbocycles. The molecular formula is C20H28N2O3. The standard InChI is InChI=1S/C20H28N2O3/c1-5-25-17-9-7-6-8-16(17)10-11-18(23)21-12-14-22(15-13-21)19(24)20(2,3)4/h6-11H,5,12-15H2,1-4H3/b11-10+. The summed E-state index contributed by atoms with van der Waals surface area (Å²) in [5.74, 6) is 0.879. The summed E-state index contributed by atoms with van der Waals surface area (Å²) in [6, 6.07) is 7.65. The quantitative estimate of drug-likeness (QED) is 0.789. The topological polar surface area (TPSA) is 49.9 Å². The van der Waals surface area contributed by atoms with Crippen molar-refractivity contribution in [1.82, 2.24) is 9.80 Å². The third kappa shape index (κ3) is 5.08. The summed E-state index contributed by atoms with van der Waals surface area (Å²) in [5.41, 5.74) is 0.508. The van der Waals surface area contributed by atoms with Gasteiger partial charge < -0.3 is 14.5 Å². The van der Waals surface area contributed by atoms with Crippen LogP contribution in [0.5, 0.6) is 5.75 Å². The van der Waals surface area contributed by atoms with Crippen LogP contribution in [-0.2, 0) is 9.59 Å². The summed E-state index contributed by atoms with van der Waals surface area (Å²) in [6.45, 7) is 10.6. The number of nitrogens with zero attached hydrogens (tertiary/aromatic N) is 2. The second-order valence-electron chi connectivity index (χ2n) is 7.17. The lowest BCUT2D eigenvalue weighted by Gasteiger charge is -2.37. The Balaban J connectivity index is 1.94. The molecule has 0 spiro atoms. The number of amides is 2. The number of benzene rings is 1. The van der Waals surface area contributed by atoms with Crippen molar-refractivity contribution < 1.29 is 14.3 Å². The number of hydrogen-bond donors (Lipinski definition) is 0. The van der Waals surface area contributed by atoms with Gasteiger partial charge in [0.1, 0.15) is 5.75 Å². The van der Waals surface area contributed by atoms with Gasteiger partial charge in [0, 0.05) is 43.2 Å². The van der Waals surface area contributed by atoms with Crippen LogP contribution >= 0.6 is 0 Å². The van der Waals surface area contributed by atoms with Crippen molar-refractivity contribution in [3.63, 3.8) is 0 Å². The van der Waals surface area contributed by atoms with Crippen LogP contribution in [0.2, 0.25) is 0 Å². The van der Waals surface area contributed by atoms with E-state index < -0.39 is 0 Å². The maximum Gasteiger partial charge on any atom is 0.246 e. The average Bonchev–Trinajstić information content (AvgIpc) is 2.59. The van der Waals surface area contributed by atoms with Crippen molar-refractivity contribution in [2.45, 2.75) is 27.7 Å². The van der Waals surface area contributed by atoms with Gasteiger partial charge in [0.2, 0.25) is 11.8 Å². The lowest BCUT2D eigenvalue weighted by molar-refractivity contribution is -0.143. The molecule has 0 aromatic heterocycles. The summed E-state index contributed by atoms with van der Waals surface area (Å²) in [4.78, 5) is 28.3. The van der Waals surface area contributed by atoms with Gasteiger partial charge in [-0.15, -0.1) is 0 Å². The second kappa shape index (κ2) is 8.19. The monoisotopic (exact) mass is 344 g/mol. The highest BCUT2D eigenvalue weighted by atomic mass is 16.5. The molecule has 0 saturated carbocycles. The van der Waals surface area contributed by atoms with Crippen molar-refractivity contribution in [2.75, 3.05) is 32.8 Å². The number of hydrogen-bond acceptors (Lipinski definition) is 3. The van der Waals surface area contributed by atoms with Crippen LogP contribution in [0.15, 0.2) is 30.3 Å². The minimum absolute atomic E-state index is 0.0332. The third-order valence-corrected chi connectivity index (χ3v) is 4.14. The van der Waals surface area contributed by atoms with E-state index in [2.05, 4.69) is 0 Å². The molecule has 5 nitrogen and oxygen atoms in total. The molecule has 0 atom stereocenters. The van der Waals surface area contributed by atoms with Crippen molar-refractivity contribution >= 4 is 17.9 Å². The predicted molar refractivity (Wildman–Crippen MR) is 99.3 cm³/mol. The molecule has 2 amide bonds. The van der Waals surface area contributed by atoms with Gasteiger partial charge >= 0.3 is 0 Å². The van der Waals surface area contributed by atoms with Gasteiger partial charge in [-0.3, -0.25) is 9.59 Å². The van der Waals surface area contributed by atoms with E-state index in [0.717, 1.165) is 11.3 Å². The van der Waals surface area contributed by atoms with E-state index in [1.54, 1.807) is 17.1 Å². The first-order valence-electron chi connectivity index (χ1n) is 8.81. The highest BCUT2D eigenvalue weighted by molar-refractivity contribution is 5.92. The maximum atomic E-state index is 12.4. The normalized spacial score (nSPS) is 15.5. The first-order valence-corrected chi connectivity index (χ1v) is 8.81. The number of piperazine rings is 1. The van der Waals surface area contributed by atoms with Crippen LogP contribution in [0.3, 0.4) is 0 Å². The Labute approximate surface area is 150 Å². The van der Waals surface area contributed by atoms with E-state index in [9.17, 15) is 9.59 Å². The fourth-order valence-corrected chi connectivity index (χ4v) is 2.78. The molecule has 0 aliphatic carbocycles. The average molecular weight is 344 g/mol. The van der Waals surface area contributed by atoms with Gasteiger partial charge in [-0.25, -0.2) is 0 Å². The van der Waals surface area contributed by atoms with Crippen LogP contribution in [0.1, 0.15) is 33.3 Å². The van der Waals surface area contributed by atoms with E-state index in [1.807, 2.05) is 56.9 Å². The van der Waals surface area contributed by atoms with Gasteiger partial charge in [-0.2, -0.15) is 0 Å². The molecule has 136 valence electrons. The number of carbonyl (C=O) groups excluding carboxylic acids is 2. The van der Waals surface area contributed by atoms with Gasteiger partial charge in [0.15, 0.2) is 0 Å². The fourth-order valence-electron chi connectivity index (χ4n) is 2.78. The number of para-hydroxylation sites is 1. The molecule has 1 aliphatic heterocycles. The summed E-state index contributed by atoms with van der Waals surface area (Å²) >= 11 is 0. The van der Waals surface area contributed by atoms with E-state index in [0.29, 0.717) is 32.8 Å². The molecule has 1 aromatic rings. The summed E-state index contributed by atoms with van der Waals surface area (Å²) < 4.78 is 5.57. The van der Waals surface area contributed by atoms with Gasteiger partial charge in [-0.05, 0) is 19.1 Å². The van der Waals surface area contributed by atoms with E-state index in [4.69, 9.17) is 4.74 Å². The molecule has 5 heteroatoms. The highest BCUT2D eigenvalue weighted by Crippen LogP contribution is 2.20. The molecule has 25 heavy (non-hydrogen) atoms. The molecule has 0 unspecified atom stereocenters. The summed E-state index contributed by atoms with van der Waals surface area (Å²) in [7, 11) is 0. The molecule has 1 saturated heterocycles. The zero-order chi connectivity index (χ0) is 18.4. The minimum Gasteiger partial charge on any atom is -0.493 e. The highest BCUT2D eigenvalue weighted by Gasteiger charge is 2.30. The lowest BCUT2D eigenvalue weighted by atomic mass is 9.94. The fraction of sp³-hybridized carbons (Fsp3) is 0.500. The lowest BCUT2D eigenvalue weighted by Crippen LogP contribution is -2.52. The van der Waals surface area contributed by atoms with Crippen LogP contribution in [0.4, 0.5) is 0 Å². The largest absolute Gasteiger partial charge is 0.493 e. The minimum atomic E-state index is -0.380. The number of carbonyl (C=O) groups is 2. The number of rotatable bonds is 4. The Bertz CT molecular complexity index is 639.